The lowest BCUT2D eigenvalue weighted by atomic mass is 10.3. The lowest BCUT2D eigenvalue weighted by Gasteiger charge is -2.09. The predicted molar refractivity (Wildman–Crippen MR) is 63.6 cm³/mol. The van der Waals surface area contributed by atoms with Crippen LogP contribution in [-0.4, -0.2) is 30.4 Å². The first-order chi connectivity index (χ1) is 8.09. The number of hydrogen-bond donors (Lipinski definition) is 2. The molecule has 0 spiro atoms. The van der Waals surface area contributed by atoms with Gasteiger partial charge in [-0.15, -0.1) is 0 Å². The number of rotatable bonds is 6. The number of hydrogen-bond acceptors (Lipinski definition) is 5. The van der Waals surface area contributed by atoms with E-state index in [4.69, 9.17) is 20.3 Å². The molecule has 1 atom stereocenters. The summed E-state index contributed by atoms with van der Waals surface area (Å²) in [6.07, 6.45) is -0.522. The fraction of sp³-hybridized carbons (Fsp3) is 0.417. The number of carbonyl (C=O) groups is 1. The summed E-state index contributed by atoms with van der Waals surface area (Å²) >= 11 is 0. The van der Waals surface area contributed by atoms with Gasteiger partial charge >= 0.3 is 5.97 Å². The fourth-order valence-electron chi connectivity index (χ4n) is 1.14. The summed E-state index contributed by atoms with van der Waals surface area (Å²) in [5.41, 5.74) is 6.19. The van der Waals surface area contributed by atoms with Crippen LogP contribution in [0.5, 0.6) is 5.75 Å². The van der Waals surface area contributed by atoms with E-state index in [9.17, 15) is 4.79 Å². The highest BCUT2D eigenvalue weighted by Gasteiger charge is 2.06. The van der Waals surface area contributed by atoms with Crippen LogP contribution in [0.4, 0.5) is 5.69 Å². The van der Waals surface area contributed by atoms with Crippen LogP contribution >= 0.6 is 0 Å². The van der Waals surface area contributed by atoms with Gasteiger partial charge in [0.1, 0.15) is 12.4 Å². The van der Waals surface area contributed by atoms with E-state index in [-0.39, 0.29) is 19.6 Å². The molecule has 94 valence electrons. The van der Waals surface area contributed by atoms with Gasteiger partial charge in [-0.25, -0.2) is 0 Å². The van der Waals surface area contributed by atoms with Crippen molar-refractivity contribution < 1.29 is 19.4 Å². The third kappa shape index (κ3) is 5.21. The van der Waals surface area contributed by atoms with Crippen molar-refractivity contribution in [1.82, 2.24) is 0 Å². The molecule has 0 radical (unpaired) electrons. The minimum atomic E-state index is -0.648. The smallest absolute Gasteiger partial charge is 0.309 e. The molecule has 0 saturated heterocycles. The van der Waals surface area contributed by atoms with Crippen molar-refractivity contribution in [1.29, 1.82) is 0 Å². The molecular weight excluding hydrogens is 222 g/mol. The van der Waals surface area contributed by atoms with Gasteiger partial charge in [0.15, 0.2) is 0 Å². The quantitative estimate of drug-likeness (QED) is 0.571. The van der Waals surface area contributed by atoms with E-state index >= 15 is 0 Å². The number of carbonyl (C=O) groups excluding carboxylic acids is 1. The standard InChI is InChI=1S/C12H17NO4/c1-9(14)8-17-12(15)6-7-16-11-5-3-2-4-10(11)13/h2-5,9,14H,6-8,13H2,1H3. The Morgan fingerprint density at radius 2 is 2.18 bits per heavy atom. The molecule has 5 nitrogen and oxygen atoms in total. The molecule has 5 heteroatoms. The first-order valence-corrected chi connectivity index (χ1v) is 5.40. The average Bonchev–Trinajstić information content (AvgIpc) is 2.29. The predicted octanol–water partition coefficient (Wildman–Crippen LogP) is 0.962. The zero-order chi connectivity index (χ0) is 12.7. The maximum atomic E-state index is 11.2. The van der Waals surface area contributed by atoms with Gasteiger partial charge in [0, 0.05) is 0 Å². The van der Waals surface area contributed by atoms with Crippen LogP contribution < -0.4 is 10.5 Å². The van der Waals surface area contributed by atoms with Crippen LogP contribution in [0.2, 0.25) is 0 Å². The summed E-state index contributed by atoms with van der Waals surface area (Å²) in [6, 6.07) is 7.06. The summed E-state index contributed by atoms with van der Waals surface area (Å²) in [7, 11) is 0. The van der Waals surface area contributed by atoms with Crippen molar-refractivity contribution in [3.05, 3.63) is 24.3 Å². The van der Waals surface area contributed by atoms with Crippen LogP contribution in [-0.2, 0) is 9.53 Å². The molecular formula is C12H17NO4. The van der Waals surface area contributed by atoms with Crippen LogP contribution in [0.3, 0.4) is 0 Å². The molecule has 0 aliphatic heterocycles. The largest absolute Gasteiger partial charge is 0.491 e. The zero-order valence-electron chi connectivity index (χ0n) is 9.76. The monoisotopic (exact) mass is 239 g/mol. The van der Waals surface area contributed by atoms with E-state index in [1.54, 1.807) is 31.2 Å². The van der Waals surface area contributed by atoms with E-state index < -0.39 is 12.1 Å². The highest BCUT2D eigenvalue weighted by Crippen LogP contribution is 2.19. The van der Waals surface area contributed by atoms with Gasteiger partial charge < -0.3 is 20.3 Å². The summed E-state index contributed by atoms with van der Waals surface area (Å²) in [5.74, 6) is 0.149. The molecule has 0 saturated carbocycles. The number of aliphatic hydroxyl groups is 1. The minimum absolute atomic E-state index is 0.00626. The van der Waals surface area contributed by atoms with Crippen LogP contribution in [0.25, 0.3) is 0 Å². The summed E-state index contributed by atoms with van der Waals surface area (Å²) in [4.78, 5) is 11.2. The molecule has 1 unspecified atom stereocenters. The maximum absolute atomic E-state index is 11.2. The molecule has 1 aromatic carbocycles. The maximum Gasteiger partial charge on any atom is 0.309 e. The Kier molecular flexibility index (Phi) is 5.29. The number of benzene rings is 1. The van der Waals surface area contributed by atoms with E-state index in [0.717, 1.165) is 0 Å². The second-order valence-corrected chi connectivity index (χ2v) is 3.67. The van der Waals surface area contributed by atoms with Gasteiger partial charge in [0.25, 0.3) is 0 Å². The number of aliphatic hydroxyl groups excluding tert-OH is 1. The van der Waals surface area contributed by atoms with E-state index in [1.165, 1.54) is 0 Å². The molecule has 0 aliphatic rings. The summed E-state index contributed by atoms with van der Waals surface area (Å²) < 4.78 is 10.1. The first kappa shape index (κ1) is 13.3. The molecule has 0 aromatic heterocycles. The van der Waals surface area contributed by atoms with Crippen LogP contribution in [0.1, 0.15) is 13.3 Å². The third-order valence-corrected chi connectivity index (χ3v) is 1.97. The zero-order valence-corrected chi connectivity index (χ0v) is 9.76. The number of para-hydroxylation sites is 2. The van der Waals surface area contributed by atoms with Gasteiger partial charge in [-0.2, -0.15) is 0 Å². The van der Waals surface area contributed by atoms with Crippen molar-refractivity contribution >= 4 is 11.7 Å². The Hall–Kier alpha value is -1.75. The Bertz CT molecular complexity index is 365. The molecule has 3 N–H and O–H groups in total. The van der Waals surface area contributed by atoms with Crippen molar-refractivity contribution in [2.24, 2.45) is 0 Å². The minimum Gasteiger partial charge on any atom is -0.491 e. The number of anilines is 1. The van der Waals surface area contributed by atoms with Crippen molar-refractivity contribution in [3.8, 4) is 5.75 Å². The van der Waals surface area contributed by atoms with Crippen LogP contribution in [0.15, 0.2) is 24.3 Å². The fourth-order valence-corrected chi connectivity index (χ4v) is 1.14. The highest BCUT2D eigenvalue weighted by atomic mass is 16.5. The summed E-state index contributed by atoms with van der Waals surface area (Å²) in [5, 5.41) is 8.92. The van der Waals surface area contributed by atoms with Gasteiger partial charge in [-0.3, -0.25) is 4.79 Å². The lowest BCUT2D eigenvalue weighted by Crippen LogP contribution is -2.17. The Balaban J connectivity index is 2.24. The third-order valence-electron chi connectivity index (χ3n) is 1.97. The molecule has 0 bridgehead atoms. The molecule has 0 aliphatic carbocycles. The molecule has 1 aromatic rings. The van der Waals surface area contributed by atoms with Gasteiger partial charge in [0.2, 0.25) is 0 Å². The van der Waals surface area contributed by atoms with Crippen molar-refractivity contribution in [2.75, 3.05) is 18.9 Å². The highest BCUT2D eigenvalue weighted by molar-refractivity contribution is 5.69. The lowest BCUT2D eigenvalue weighted by molar-refractivity contribution is -0.146. The van der Waals surface area contributed by atoms with Gasteiger partial charge in [0.05, 0.1) is 24.8 Å². The van der Waals surface area contributed by atoms with E-state index in [0.29, 0.717) is 11.4 Å². The SMILES string of the molecule is CC(O)COC(=O)CCOc1ccccc1N. The molecule has 1 rings (SSSR count). The molecule has 0 fully saturated rings. The summed E-state index contributed by atoms with van der Waals surface area (Å²) in [6.45, 7) is 1.76. The van der Waals surface area contributed by atoms with Crippen LogP contribution in [0, 0.1) is 0 Å². The molecule has 0 heterocycles. The van der Waals surface area contributed by atoms with E-state index in [1.807, 2.05) is 0 Å². The first-order valence-electron chi connectivity index (χ1n) is 5.40. The Morgan fingerprint density at radius 1 is 1.47 bits per heavy atom. The number of nitrogens with two attached hydrogens (primary N) is 1. The van der Waals surface area contributed by atoms with Gasteiger partial charge in [-0.1, -0.05) is 12.1 Å². The van der Waals surface area contributed by atoms with Gasteiger partial charge in [-0.05, 0) is 19.1 Å². The molecule has 17 heavy (non-hydrogen) atoms. The number of ether oxygens (including phenoxy) is 2. The Morgan fingerprint density at radius 3 is 2.82 bits per heavy atom. The van der Waals surface area contributed by atoms with E-state index in [2.05, 4.69) is 0 Å². The number of nitrogen functional groups attached to an aromatic ring is 1. The average molecular weight is 239 g/mol. The normalized spacial score (nSPS) is 11.9. The Labute approximate surface area is 100 Å². The second kappa shape index (κ2) is 6.75. The second-order valence-electron chi connectivity index (χ2n) is 3.67. The number of esters is 1. The molecule has 0 amide bonds. The topological polar surface area (TPSA) is 81.8 Å². The van der Waals surface area contributed by atoms with Crippen molar-refractivity contribution in [2.45, 2.75) is 19.4 Å². The van der Waals surface area contributed by atoms with Crippen molar-refractivity contribution in [3.63, 3.8) is 0 Å².